The van der Waals surface area contributed by atoms with Crippen LogP contribution in [0.1, 0.15) is 22.7 Å². The molecule has 1 amide bonds. The van der Waals surface area contributed by atoms with Crippen LogP contribution in [0.2, 0.25) is 5.02 Å². The fourth-order valence-corrected chi connectivity index (χ4v) is 3.86. The van der Waals surface area contributed by atoms with Crippen LogP contribution in [0.3, 0.4) is 0 Å². The molecule has 2 aromatic rings. The van der Waals surface area contributed by atoms with Gasteiger partial charge >= 0.3 is 0 Å². The lowest BCUT2D eigenvalue weighted by Crippen LogP contribution is -2.35. The first-order chi connectivity index (χ1) is 14.3. The van der Waals surface area contributed by atoms with E-state index in [-0.39, 0.29) is 11.3 Å². The normalized spacial score (nSPS) is 18.3. The number of benzene rings is 2. The van der Waals surface area contributed by atoms with Gasteiger partial charge in [0.15, 0.2) is 0 Å². The Balaban J connectivity index is 2.18. The summed E-state index contributed by atoms with van der Waals surface area (Å²) in [5, 5.41) is 11.4. The molecule has 1 N–H and O–H groups in total. The van der Waals surface area contributed by atoms with Crippen LogP contribution in [0, 0.1) is 6.92 Å². The smallest absolute Gasteiger partial charge is 0.295 e. The summed E-state index contributed by atoms with van der Waals surface area (Å²) >= 11 is 6.21. The van der Waals surface area contributed by atoms with Crippen LogP contribution in [0.25, 0.3) is 5.76 Å². The number of rotatable bonds is 6. The minimum absolute atomic E-state index is 0.0642. The number of carbonyl (C=O) groups is 2. The first kappa shape index (κ1) is 21.9. The Kier molecular flexibility index (Phi) is 6.48. The molecule has 1 saturated heterocycles. The molecule has 1 unspecified atom stereocenters. The van der Waals surface area contributed by atoms with E-state index >= 15 is 0 Å². The first-order valence-corrected chi connectivity index (χ1v) is 9.96. The van der Waals surface area contributed by atoms with Gasteiger partial charge in [0.1, 0.15) is 11.5 Å². The second-order valence-corrected chi connectivity index (χ2v) is 7.91. The fraction of sp³-hybridized carbons (Fsp3) is 0.304. The van der Waals surface area contributed by atoms with E-state index in [0.717, 1.165) is 11.1 Å². The number of Topliss-reactive ketones (excluding diaryl/α,β-unsaturated/α-hetero) is 1. The minimum atomic E-state index is -0.702. The maximum absolute atomic E-state index is 13.0. The fourth-order valence-electron chi connectivity index (χ4n) is 3.60. The third-order valence-corrected chi connectivity index (χ3v) is 5.53. The molecule has 0 spiro atoms. The Labute approximate surface area is 181 Å². The van der Waals surface area contributed by atoms with Crippen LogP contribution < -0.4 is 4.74 Å². The van der Waals surface area contributed by atoms with E-state index in [9.17, 15) is 14.7 Å². The van der Waals surface area contributed by atoms with Gasteiger partial charge in [-0.15, -0.1) is 0 Å². The Bertz CT molecular complexity index is 1020. The first-order valence-electron chi connectivity index (χ1n) is 9.58. The molecule has 0 saturated carbocycles. The second kappa shape index (κ2) is 8.90. The van der Waals surface area contributed by atoms with E-state index in [1.807, 2.05) is 50.2 Å². The molecule has 1 heterocycles. The van der Waals surface area contributed by atoms with E-state index in [1.54, 1.807) is 12.1 Å². The molecule has 7 heteroatoms. The third kappa shape index (κ3) is 4.06. The molecule has 0 aromatic heterocycles. The van der Waals surface area contributed by atoms with Gasteiger partial charge in [-0.2, -0.15) is 0 Å². The van der Waals surface area contributed by atoms with Crippen molar-refractivity contribution in [2.24, 2.45) is 0 Å². The SMILES string of the molecule is COc1ccc(/C(O)=C2\C(=O)C(=O)N(CCN(C)C)C2c2ccccc2C)cc1Cl. The zero-order chi connectivity index (χ0) is 22.0. The Morgan fingerprint density at radius 2 is 1.90 bits per heavy atom. The van der Waals surface area contributed by atoms with E-state index in [1.165, 1.54) is 18.1 Å². The van der Waals surface area contributed by atoms with Gasteiger partial charge in [-0.25, -0.2) is 0 Å². The van der Waals surface area contributed by atoms with Crippen LogP contribution in [0.5, 0.6) is 5.75 Å². The Hall–Kier alpha value is -2.83. The standard InChI is InChI=1S/C23H25ClN2O4/c1-14-7-5-6-8-16(14)20-19(22(28)23(29)26(20)12-11-25(2)3)21(27)15-9-10-18(30-4)17(24)13-15/h5-10,13,20,27H,11-12H2,1-4H3/b21-19+. The molecule has 6 nitrogen and oxygen atoms in total. The number of ether oxygens (including phenoxy) is 1. The van der Waals surface area contributed by atoms with E-state index in [0.29, 0.717) is 29.4 Å². The monoisotopic (exact) mass is 428 g/mol. The maximum atomic E-state index is 13.0. The van der Waals surface area contributed by atoms with Gasteiger partial charge in [0.25, 0.3) is 11.7 Å². The molecule has 1 atom stereocenters. The van der Waals surface area contributed by atoms with Crippen molar-refractivity contribution in [2.45, 2.75) is 13.0 Å². The van der Waals surface area contributed by atoms with Crippen LogP contribution in [-0.2, 0) is 9.59 Å². The molecule has 0 bridgehead atoms. The van der Waals surface area contributed by atoms with Crippen LogP contribution >= 0.6 is 11.6 Å². The minimum Gasteiger partial charge on any atom is -0.507 e. The van der Waals surface area contributed by atoms with Crippen LogP contribution in [0.4, 0.5) is 0 Å². The van der Waals surface area contributed by atoms with Crippen molar-refractivity contribution in [3.05, 3.63) is 69.8 Å². The zero-order valence-electron chi connectivity index (χ0n) is 17.5. The topological polar surface area (TPSA) is 70.1 Å². The molecule has 1 aliphatic rings. The maximum Gasteiger partial charge on any atom is 0.295 e. The highest BCUT2D eigenvalue weighted by Crippen LogP contribution is 2.41. The summed E-state index contributed by atoms with van der Waals surface area (Å²) in [4.78, 5) is 29.4. The molecule has 30 heavy (non-hydrogen) atoms. The van der Waals surface area contributed by atoms with Crippen LogP contribution in [0.15, 0.2) is 48.0 Å². The molecule has 3 rings (SSSR count). The molecule has 158 valence electrons. The van der Waals surface area contributed by atoms with Crippen molar-refractivity contribution < 1.29 is 19.4 Å². The highest BCUT2D eigenvalue weighted by Gasteiger charge is 2.46. The van der Waals surface area contributed by atoms with E-state index in [4.69, 9.17) is 16.3 Å². The molecular weight excluding hydrogens is 404 g/mol. The van der Waals surface area contributed by atoms with Crippen molar-refractivity contribution in [1.29, 1.82) is 0 Å². The van der Waals surface area contributed by atoms with Crippen molar-refractivity contribution in [3.63, 3.8) is 0 Å². The van der Waals surface area contributed by atoms with E-state index < -0.39 is 17.7 Å². The zero-order valence-corrected chi connectivity index (χ0v) is 18.2. The lowest BCUT2D eigenvalue weighted by Gasteiger charge is -2.27. The number of methoxy groups -OCH3 is 1. The number of carbonyl (C=O) groups excluding carboxylic acids is 2. The number of ketones is 1. The van der Waals surface area contributed by atoms with E-state index in [2.05, 4.69) is 0 Å². The number of aliphatic hydroxyl groups is 1. The van der Waals surface area contributed by atoms with Gasteiger partial charge in [0, 0.05) is 18.7 Å². The van der Waals surface area contributed by atoms with Gasteiger partial charge in [0.05, 0.1) is 23.7 Å². The highest BCUT2D eigenvalue weighted by atomic mass is 35.5. The number of nitrogens with zero attached hydrogens (tertiary/aromatic N) is 2. The summed E-state index contributed by atoms with van der Waals surface area (Å²) in [6.45, 7) is 2.87. The number of likely N-dealkylation sites (N-methyl/N-ethyl adjacent to an activating group) is 1. The van der Waals surface area contributed by atoms with Gasteiger partial charge < -0.3 is 19.6 Å². The van der Waals surface area contributed by atoms with Gasteiger partial charge in [-0.05, 0) is 50.3 Å². The molecular formula is C23H25ClN2O4. The summed E-state index contributed by atoms with van der Waals surface area (Å²) in [7, 11) is 5.30. The number of amides is 1. The summed E-state index contributed by atoms with van der Waals surface area (Å²) in [5.74, 6) is -1.12. The van der Waals surface area contributed by atoms with Crippen molar-refractivity contribution >= 4 is 29.1 Å². The van der Waals surface area contributed by atoms with Gasteiger partial charge in [-0.3, -0.25) is 9.59 Å². The Morgan fingerprint density at radius 1 is 1.20 bits per heavy atom. The number of aliphatic hydroxyl groups excluding tert-OH is 1. The largest absolute Gasteiger partial charge is 0.507 e. The third-order valence-electron chi connectivity index (χ3n) is 5.24. The molecule has 0 radical (unpaired) electrons. The number of hydrogen-bond acceptors (Lipinski definition) is 5. The lowest BCUT2D eigenvalue weighted by atomic mass is 9.92. The molecule has 1 aliphatic heterocycles. The van der Waals surface area contributed by atoms with Crippen molar-refractivity contribution in [3.8, 4) is 5.75 Å². The van der Waals surface area contributed by atoms with Crippen LogP contribution in [-0.4, -0.2) is 60.9 Å². The predicted molar refractivity (Wildman–Crippen MR) is 117 cm³/mol. The second-order valence-electron chi connectivity index (χ2n) is 7.50. The van der Waals surface area contributed by atoms with Gasteiger partial charge in [-0.1, -0.05) is 35.9 Å². The molecule has 1 fully saturated rings. The molecule has 2 aromatic carbocycles. The number of halogens is 1. The quantitative estimate of drug-likeness (QED) is 0.432. The van der Waals surface area contributed by atoms with Gasteiger partial charge in [0.2, 0.25) is 0 Å². The average Bonchev–Trinajstić information content (AvgIpc) is 2.96. The number of likely N-dealkylation sites (tertiary alicyclic amines) is 1. The summed E-state index contributed by atoms with van der Waals surface area (Å²) in [6.07, 6.45) is 0. The summed E-state index contributed by atoms with van der Waals surface area (Å²) in [6, 6.07) is 11.6. The average molecular weight is 429 g/mol. The number of aryl methyl sites for hydroxylation is 1. The predicted octanol–water partition coefficient (Wildman–Crippen LogP) is 3.64. The Morgan fingerprint density at radius 3 is 2.50 bits per heavy atom. The highest BCUT2D eigenvalue weighted by molar-refractivity contribution is 6.46. The van der Waals surface area contributed by atoms with Crippen molar-refractivity contribution in [1.82, 2.24) is 9.80 Å². The summed E-state index contributed by atoms with van der Waals surface area (Å²) in [5.41, 5.74) is 2.15. The molecule has 0 aliphatic carbocycles. The lowest BCUT2D eigenvalue weighted by molar-refractivity contribution is -0.140. The number of hydrogen-bond donors (Lipinski definition) is 1. The summed E-state index contributed by atoms with van der Waals surface area (Å²) < 4.78 is 5.16. The van der Waals surface area contributed by atoms with Crippen molar-refractivity contribution in [2.75, 3.05) is 34.3 Å².